The molecule has 1 rings (SSSR count). The molecule has 0 fully saturated rings. The minimum Gasteiger partial charge on any atom is -0.387 e. The van der Waals surface area contributed by atoms with E-state index in [1.165, 1.54) is 12.3 Å². The second-order valence-corrected chi connectivity index (χ2v) is 5.19. The van der Waals surface area contributed by atoms with Crippen molar-refractivity contribution >= 4 is 15.9 Å². The Morgan fingerprint density at radius 3 is 2.81 bits per heavy atom. The maximum atomic E-state index is 12.0. The van der Waals surface area contributed by atoms with Crippen molar-refractivity contribution in [2.75, 3.05) is 13.1 Å². The third kappa shape index (κ3) is 2.80. The van der Waals surface area contributed by atoms with E-state index >= 15 is 0 Å². The number of hydrogen-bond acceptors (Lipinski definition) is 4. The summed E-state index contributed by atoms with van der Waals surface area (Å²) in [5.41, 5.74) is 5.23. The highest BCUT2D eigenvalue weighted by Gasteiger charge is 2.25. The molecular formula is C8H15N5O2S. The van der Waals surface area contributed by atoms with Gasteiger partial charge in [-0.05, 0) is 12.5 Å². The van der Waals surface area contributed by atoms with Crippen molar-refractivity contribution in [3.8, 4) is 0 Å². The van der Waals surface area contributed by atoms with Crippen LogP contribution in [-0.2, 0) is 10.0 Å². The third-order valence-electron chi connectivity index (χ3n) is 1.91. The van der Waals surface area contributed by atoms with Gasteiger partial charge < -0.3 is 5.73 Å². The highest BCUT2D eigenvalue weighted by molar-refractivity contribution is 7.89. The summed E-state index contributed by atoms with van der Waals surface area (Å²) in [6.45, 7) is 2.08. The summed E-state index contributed by atoms with van der Waals surface area (Å²) in [6.07, 6.45) is 2.02. The van der Waals surface area contributed by atoms with Gasteiger partial charge in [0.25, 0.3) is 10.0 Å². The maximum absolute atomic E-state index is 12.0. The zero-order valence-corrected chi connectivity index (χ0v) is 9.79. The van der Waals surface area contributed by atoms with Crippen LogP contribution in [0.2, 0.25) is 0 Å². The first kappa shape index (κ1) is 12.7. The van der Waals surface area contributed by atoms with Gasteiger partial charge in [0.1, 0.15) is 5.84 Å². The number of nitrogens with two attached hydrogens (primary N) is 1. The van der Waals surface area contributed by atoms with Gasteiger partial charge in [-0.2, -0.15) is 9.40 Å². The highest BCUT2D eigenvalue weighted by atomic mass is 32.2. The van der Waals surface area contributed by atoms with Crippen molar-refractivity contribution in [3.05, 3.63) is 12.3 Å². The second-order valence-electron chi connectivity index (χ2n) is 3.28. The molecule has 0 bridgehead atoms. The van der Waals surface area contributed by atoms with Crippen LogP contribution < -0.4 is 5.73 Å². The minimum atomic E-state index is -3.62. The van der Waals surface area contributed by atoms with Gasteiger partial charge in [0, 0.05) is 6.54 Å². The summed E-state index contributed by atoms with van der Waals surface area (Å²) in [4.78, 5) is 0. The number of hydrogen-bond donors (Lipinski definition) is 3. The number of rotatable bonds is 6. The quantitative estimate of drug-likeness (QED) is 0.473. The van der Waals surface area contributed by atoms with Crippen LogP contribution in [0, 0.1) is 5.41 Å². The fraction of sp³-hybridized carbons (Fsp3) is 0.500. The summed E-state index contributed by atoms with van der Waals surface area (Å²) in [7, 11) is -3.62. The topological polar surface area (TPSA) is 116 Å². The summed E-state index contributed by atoms with van der Waals surface area (Å²) in [5, 5.41) is 13.2. The first-order valence-corrected chi connectivity index (χ1v) is 6.25. The molecular weight excluding hydrogens is 230 g/mol. The van der Waals surface area contributed by atoms with E-state index in [1.807, 2.05) is 6.92 Å². The third-order valence-corrected chi connectivity index (χ3v) is 3.69. The Morgan fingerprint density at radius 2 is 2.38 bits per heavy atom. The number of nitrogens with zero attached hydrogens (tertiary/aromatic N) is 2. The molecule has 0 saturated heterocycles. The van der Waals surface area contributed by atoms with E-state index in [2.05, 4.69) is 10.2 Å². The normalized spacial score (nSPS) is 11.9. The zero-order valence-electron chi connectivity index (χ0n) is 8.97. The lowest BCUT2D eigenvalue weighted by atomic mass is 10.4. The Hall–Kier alpha value is -1.41. The van der Waals surface area contributed by atoms with Crippen LogP contribution in [0.3, 0.4) is 0 Å². The smallest absolute Gasteiger partial charge is 0.260 e. The molecule has 0 amide bonds. The molecule has 7 nitrogen and oxygen atoms in total. The Morgan fingerprint density at radius 1 is 1.69 bits per heavy atom. The van der Waals surface area contributed by atoms with E-state index in [9.17, 15) is 8.42 Å². The number of nitrogens with one attached hydrogen (secondary N) is 2. The van der Waals surface area contributed by atoms with E-state index in [0.717, 1.165) is 4.31 Å². The van der Waals surface area contributed by atoms with Crippen LogP contribution in [-0.4, -0.2) is 41.8 Å². The summed E-state index contributed by atoms with van der Waals surface area (Å²) >= 11 is 0. The average molecular weight is 245 g/mol. The van der Waals surface area contributed by atoms with Crippen molar-refractivity contribution in [2.24, 2.45) is 5.73 Å². The summed E-state index contributed by atoms with van der Waals surface area (Å²) in [5.74, 6) is -0.184. The molecule has 0 aromatic carbocycles. The van der Waals surface area contributed by atoms with E-state index < -0.39 is 10.0 Å². The van der Waals surface area contributed by atoms with Crippen molar-refractivity contribution in [1.29, 1.82) is 5.41 Å². The first-order chi connectivity index (χ1) is 7.48. The summed E-state index contributed by atoms with van der Waals surface area (Å²) < 4.78 is 25.2. The first-order valence-electron chi connectivity index (χ1n) is 4.81. The summed E-state index contributed by atoms with van der Waals surface area (Å²) in [6, 6.07) is 1.37. The molecule has 0 radical (unpaired) electrons. The molecule has 0 aliphatic heterocycles. The van der Waals surface area contributed by atoms with Crippen LogP contribution in [0.15, 0.2) is 17.3 Å². The zero-order chi connectivity index (χ0) is 12.2. The van der Waals surface area contributed by atoms with Gasteiger partial charge in [-0.3, -0.25) is 10.5 Å². The average Bonchev–Trinajstić information content (AvgIpc) is 2.69. The van der Waals surface area contributed by atoms with Crippen LogP contribution >= 0.6 is 0 Å². The molecule has 0 aliphatic carbocycles. The van der Waals surface area contributed by atoms with Gasteiger partial charge in [-0.1, -0.05) is 6.92 Å². The number of aromatic nitrogens is 2. The Balaban J connectivity index is 2.97. The Kier molecular flexibility index (Phi) is 4.02. The van der Waals surface area contributed by atoms with Gasteiger partial charge in [-0.25, -0.2) is 8.42 Å². The number of H-pyrrole nitrogens is 1. The number of aromatic amines is 1. The molecule has 0 spiro atoms. The van der Waals surface area contributed by atoms with E-state index in [1.54, 1.807) is 0 Å². The highest BCUT2D eigenvalue weighted by Crippen LogP contribution is 2.12. The van der Waals surface area contributed by atoms with Gasteiger partial charge >= 0.3 is 0 Å². The number of sulfonamides is 1. The maximum Gasteiger partial charge on any atom is 0.260 e. The predicted octanol–water partition coefficient (Wildman–Crippen LogP) is -0.254. The van der Waals surface area contributed by atoms with Gasteiger partial charge in [0.2, 0.25) is 0 Å². The van der Waals surface area contributed by atoms with E-state index in [4.69, 9.17) is 11.1 Å². The molecule has 1 aromatic heterocycles. The van der Waals surface area contributed by atoms with Crippen LogP contribution in [0.25, 0.3) is 0 Å². The van der Waals surface area contributed by atoms with E-state index in [-0.39, 0.29) is 17.4 Å². The largest absolute Gasteiger partial charge is 0.387 e. The molecule has 16 heavy (non-hydrogen) atoms. The van der Waals surface area contributed by atoms with Crippen LogP contribution in [0.5, 0.6) is 0 Å². The Labute approximate surface area is 94.2 Å². The van der Waals surface area contributed by atoms with Crippen LogP contribution in [0.1, 0.15) is 13.3 Å². The van der Waals surface area contributed by atoms with Crippen molar-refractivity contribution in [3.63, 3.8) is 0 Å². The molecule has 4 N–H and O–H groups in total. The lowest BCUT2D eigenvalue weighted by molar-refractivity contribution is 0.445. The van der Waals surface area contributed by atoms with Gasteiger partial charge in [0.15, 0.2) is 5.03 Å². The molecule has 0 unspecified atom stereocenters. The predicted molar refractivity (Wildman–Crippen MR) is 59.6 cm³/mol. The van der Waals surface area contributed by atoms with Gasteiger partial charge in [-0.15, -0.1) is 0 Å². The molecule has 0 atom stereocenters. The number of amidine groups is 1. The molecule has 1 heterocycles. The van der Waals surface area contributed by atoms with Crippen molar-refractivity contribution in [2.45, 2.75) is 18.4 Å². The van der Waals surface area contributed by atoms with Crippen LogP contribution in [0.4, 0.5) is 0 Å². The molecule has 1 aromatic rings. The monoisotopic (exact) mass is 245 g/mol. The van der Waals surface area contributed by atoms with Crippen molar-refractivity contribution < 1.29 is 8.42 Å². The SMILES string of the molecule is CCCN(CC(=N)N)S(=O)(=O)c1ccn[nH]1. The standard InChI is InChI=1S/C8H15N5O2S/c1-2-5-13(6-7(9)10)16(14,15)8-3-4-11-12-8/h3-4H,2,5-6H2,1H3,(H3,9,10)(H,11,12). The lowest BCUT2D eigenvalue weighted by Crippen LogP contribution is -2.38. The molecule has 0 aliphatic rings. The molecule has 0 saturated carbocycles. The van der Waals surface area contributed by atoms with Crippen molar-refractivity contribution in [1.82, 2.24) is 14.5 Å². The Bertz CT molecular complexity index is 439. The minimum absolute atomic E-state index is 0.0159. The fourth-order valence-corrected chi connectivity index (χ4v) is 2.66. The second kappa shape index (κ2) is 5.08. The van der Waals surface area contributed by atoms with E-state index in [0.29, 0.717) is 13.0 Å². The molecule has 8 heteroatoms. The molecule has 90 valence electrons. The van der Waals surface area contributed by atoms with Gasteiger partial charge in [0.05, 0.1) is 12.7 Å². The fourth-order valence-electron chi connectivity index (χ4n) is 1.25. The lowest BCUT2D eigenvalue weighted by Gasteiger charge is -2.19.